The second kappa shape index (κ2) is 12.2. The van der Waals surface area contributed by atoms with Crippen LogP contribution in [0.3, 0.4) is 0 Å². The summed E-state index contributed by atoms with van der Waals surface area (Å²) in [5, 5.41) is 7.02. The Kier molecular flexibility index (Phi) is 9.39. The van der Waals surface area contributed by atoms with Crippen LogP contribution < -0.4 is 10.6 Å². The zero-order valence-corrected chi connectivity index (χ0v) is 19.1. The lowest BCUT2D eigenvalue weighted by atomic mass is 10.1. The monoisotopic (exact) mass is 416 g/mol. The highest BCUT2D eigenvalue weighted by molar-refractivity contribution is 5.79. The zero-order valence-electron chi connectivity index (χ0n) is 19.1. The Morgan fingerprint density at radius 3 is 2.40 bits per heavy atom. The number of nitrogens with one attached hydrogen (secondary N) is 2. The van der Waals surface area contributed by atoms with E-state index in [1.165, 1.54) is 37.3 Å². The van der Waals surface area contributed by atoms with Crippen molar-refractivity contribution in [3.8, 4) is 0 Å². The second-order valence-electron chi connectivity index (χ2n) is 8.67. The number of morpholine rings is 1. The van der Waals surface area contributed by atoms with Crippen molar-refractivity contribution in [2.75, 3.05) is 79.7 Å². The number of rotatable bonds is 8. The lowest BCUT2D eigenvalue weighted by molar-refractivity contribution is 0.0341. The summed E-state index contributed by atoms with van der Waals surface area (Å²) in [5.74, 6) is 1.46. The summed E-state index contributed by atoms with van der Waals surface area (Å²) in [7, 11) is 4.05. The molecule has 2 aliphatic heterocycles. The first-order valence-corrected chi connectivity index (χ1v) is 11.4. The summed E-state index contributed by atoms with van der Waals surface area (Å²) < 4.78 is 5.48. The number of hydrogen-bond acceptors (Lipinski definition) is 5. The highest BCUT2D eigenvalue weighted by Gasteiger charge is 2.16. The molecule has 0 radical (unpaired) electrons. The van der Waals surface area contributed by atoms with Crippen LogP contribution in [0.2, 0.25) is 0 Å². The van der Waals surface area contributed by atoms with Crippen molar-refractivity contribution < 1.29 is 4.74 Å². The highest BCUT2D eigenvalue weighted by Crippen LogP contribution is 2.13. The van der Waals surface area contributed by atoms with Gasteiger partial charge in [0.1, 0.15) is 0 Å². The molecule has 1 unspecified atom stereocenters. The van der Waals surface area contributed by atoms with Gasteiger partial charge in [0.25, 0.3) is 0 Å². The minimum atomic E-state index is 0.584. The van der Waals surface area contributed by atoms with Gasteiger partial charge in [-0.3, -0.25) is 9.89 Å². The molecule has 7 nitrogen and oxygen atoms in total. The van der Waals surface area contributed by atoms with Gasteiger partial charge in [-0.1, -0.05) is 31.2 Å². The molecule has 0 bridgehead atoms. The Balaban J connectivity index is 1.42. The van der Waals surface area contributed by atoms with E-state index in [0.717, 1.165) is 58.4 Å². The molecule has 0 saturated carbocycles. The molecule has 30 heavy (non-hydrogen) atoms. The van der Waals surface area contributed by atoms with E-state index in [1.807, 2.05) is 7.05 Å². The molecule has 2 fully saturated rings. The molecule has 2 saturated heterocycles. The standard InChI is InChI=1S/C23H40N6O/c1-20(18-28-10-8-27(3)9-11-28)16-25-23(24-2)26-17-21-6-4-5-7-22(21)19-29-12-14-30-15-13-29/h4-7,20H,8-19H2,1-3H3,(H2,24,25,26). The van der Waals surface area contributed by atoms with Crippen molar-refractivity contribution in [3.63, 3.8) is 0 Å². The summed E-state index contributed by atoms with van der Waals surface area (Å²) in [6.45, 7) is 14.5. The molecule has 1 aromatic rings. The van der Waals surface area contributed by atoms with Crippen molar-refractivity contribution in [2.24, 2.45) is 10.9 Å². The fourth-order valence-electron chi connectivity index (χ4n) is 4.09. The number of hydrogen-bond donors (Lipinski definition) is 2. The van der Waals surface area contributed by atoms with Crippen molar-refractivity contribution in [1.29, 1.82) is 0 Å². The van der Waals surface area contributed by atoms with Gasteiger partial charge in [0.15, 0.2) is 5.96 Å². The van der Waals surface area contributed by atoms with Crippen LogP contribution in [-0.4, -0.2) is 100 Å². The molecule has 2 heterocycles. The van der Waals surface area contributed by atoms with Gasteiger partial charge in [0.05, 0.1) is 13.2 Å². The number of nitrogens with zero attached hydrogens (tertiary/aromatic N) is 4. The van der Waals surface area contributed by atoms with Crippen molar-refractivity contribution in [1.82, 2.24) is 25.3 Å². The first-order valence-electron chi connectivity index (χ1n) is 11.4. The Hall–Kier alpha value is -1.67. The number of piperazine rings is 1. The molecule has 0 spiro atoms. The Morgan fingerprint density at radius 1 is 1.00 bits per heavy atom. The lowest BCUT2D eigenvalue weighted by Gasteiger charge is -2.34. The van der Waals surface area contributed by atoms with E-state index in [1.54, 1.807) is 0 Å². The van der Waals surface area contributed by atoms with Gasteiger partial charge >= 0.3 is 0 Å². The number of aliphatic imine (C=N–C) groups is 1. The van der Waals surface area contributed by atoms with Crippen LogP contribution >= 0.6 is 0 Å². The van der Waals surface area contributed by atoms with Gasteiger partial charge in [0, 0.05) is 72.5 Å². The number of benzene rings is 1. The molecular formula is C23H40N6O. The van der Waals surface area contributed by atoms with Gasteiger partial charge in [-0.15, -0.1) is 0 Å². The molecule has 0 aliphatic carbocycles. The summed E-state index contributed by atoms with van der Waals surface area (Å²) in [6, 6.07) is 8.70. The normalized spacial score (nSPS) is 20.8. The maximum Gasteiger partial charge on any atom is 0.191 e. The van der Waals surface area contributed by atoms with Crippen LogP contribution in [-0.2, 0) is 17.8 Å². The summed E-state index contributed by atoms with van der Waals surface area (Å²) >= 11 is 0. The van der Waals surface area contributed by atoms with E-state index in [4.69, 9.17) is 4.74 Å². The number of likely N-dealkylation sites (N-methyl/N-ethyl adjacent to an activating group) is 1. The predicted octanol–water partition coefficient (Wildman–Crippen LogP) is 1.07. The fraction of sp³-hybridized carbons (Fsp3) is 0.696. The largest absolute Gasteiger partial charge is 0.379 e. The second-order valence-corrected chi connectivity index (χ2v) is 8.67. The van der Waals surface area contributed by atoms with Crippen LogP contribution in [0.25, 0.3) is 0 Å². The summed E-state index contributed by atoms with van der Waals surface area (Å²) in [4.78, 5) is 11.9. The first-order chi connectivity index (χ1) is 14.6. The van der Waals surface area contributed by atoms with Crippen molar-refractivity contribution in [2.45, 2.75) is 20.0 Å². The third-order valence-corrected chi connectivity index (χ3v) is 6.07. The molecule has 0 amide bonds. The van der Waals surface area contributed by atoms with E-state index in [0.29, 0.717) is 5.92 Å². The van der Waals surface area contributed by atoms with Crippen LogP contribution in [0.1, 0.15) is 18.1 Å². The maximum atomic E-state index is 5.48. The summed E-state index contributed by atoms with van der Waals surface area (Å²) in [6.07, 6.45) is 0. The minimum absolute atomic E-state index is 0.584. The molecule has 168 valence electrons. The molecule has 7 heteroatoms. The van der Waals surface area contributed by atoms with Crippen LogP contribution in [0.4, 0.5) is 0 Å². The van der Waals surface area contributed by atoms with E-state index in [-0.39, 0.29) is 0 Å². The SMILES string of the molecule is CN=C(NCc1ccccc1CN1CCOCC1)NCC(C)CN1CCN(C)CC1. The molecule has 0 aromatic heterocycles. The smallest absolute Gasteiger partial charge is 0.191 e. The number of ether oxygens (including phenoxy) is 1. The van der Waals surface area contributed by atoms with E-state index in [9.17, 15) is 0 Å². The first kappa shape index (κ1) is 23.0. The van der Waals surface area contributed by atoms with Gasteiger partial charge < -0.3 is 25.2 Å². The molecule has 1 aromatic carbocycles. The van der Waals surface area contributed by atoms with E-state index < -0.39 is 0 Å². The van der Waals surface area contributed by atoms with Crippen molar-refractivity contribution in [3.05, 3.63) is 35.4 Å². The molecular weight excluding hydrogens is 376 g/mol. The van der Waals surface area contributed by atoms with Crippen molar-refractivity contribution >= 4 is 5.96 Å². The van der Waals surface area contributed by atoms with E-state index in [2.05, 4.69) is 68.6 Å². The van der Waals surface area contributed by atoms with Crippen LogP contribution in [0.5, 0.6) is 0 Å². The van der Waals surface area contributed by atoms with Gasteiger partial charge in [0.2, 0.25) is 0 Å². The fourth-order valence-corrected chi connectivity index (χ4v) is 4.09. The Morgan fingerprint density at radius 2 is 1.70 bits per heavy atom. The molecule has 2 N–H and O–H groups in total. The zero-order chi connectivity index (χ0) is 21.2. The third kappa shape index (κ3) is 7.54. The van der Waals surface area contributed by atoms with E-state index >= 15 is 0 Å². The van der Waals surface area contributed by atoms with Gasteiger partial charge in [-0.25, -0.2) is 0 Å². The van der Waals surface area contributed by atoms with Gasteiger partial charge in [-0.2, -0.15) is 0 Å². The van der Waals surface area contributed by atoms with Gasteiger partial charge in [-0.05, 0) is 24.1 Å². The molecule has 2 aliphatic rings. The highest BCUT2D eigenvalue weighted by atomic mass is 16.5. The van der Waals surface area contributed by atoms with Crippen LogP contribution in [0, 0.1) is 5.92 Å². The lowest BCUT2D eigenvalue weighted by Crippen LogP contribution is -2.47. The Bertz CT molecular complexity index is 653. The van der Waals surface area contributed by atoms with Crippen LogP contribution in [0.15, 0.2) is 29.3 Å². The minimum Gasteiger partial charge on any atom is -0.379 e. The average Bonchev–Trinajstić information content (AvgIpc) is 2.77. The topological polar surface area (TPSA) is 55.4 Å². The third-order valence-electron chi connectivity index (χ3n) is 6.07. The molecule has 3 rings (SSSR count). The predicted molar refractivity (Wildman–Crippen MR) is 124 cm³/mol. The average molecular weight is 417 g/mol. The summed E-state index contributed by atoms with van der Waals surface area (Å²) in [5.41, 5.74) is 2.71. The number of guanidine groups is 1. The maximum absolute atomic E-state index is 5.48. The Labute approximate surface area is 182 Å². The molecule has 1 atom stereocenters. The quantitative estimate of drug-likeness (QED) is 0.488.